The highest BCUT2D eigenvalue weighted by Gasteiger charge is 2.28. The van der Waals surface area contributed by atoms with Gasteiger partial charge in [-0.05, 0) is 30.9 Å². The van der Waals surface area contributed by atoms with E-state index in [0.29, 0.717) is 0 Å². The molecule has 4 heterocycles. The number of rotatable bonds is 5. The summed E-state index contributed by atoms with van der Waals surface area (Å²) in [5.41, 5.74) is 1.18. The SMILES string of the molecule is Cc1nc(N2CCN(Cc3ccoc3)[C@H](CCO)C2)c2ccsc2n1. The molecule has 1 aliphatic heterocycles. The number of fused-ring (bicyclic) bond motifs is 1. The molecule has 0 unspecified atom stereocenters. The molecule has 1 atom stereocenters. The predicted octanol–water partition coefficient (Wildman–Crippen LogP) is 2.67. The minimum Gasteiger partial charge on any atom is -0.472 e. The molecule has 0 radical (unpaired) electrons. The Bertz CT molecular complexity index is 833. The molecule has 0 aromatic carbocycles. The van der Waals surface area contributed by atoms with Gasteiger partial charge in [0.25, 0.3) is 0 Å². The molecule has 1 aliphatic rings. The third kappa shape index (κ3) is 3.40. The fourth-order valence-electron chi connectivity index (χ4n) is 3.52. The monoisotopic (exact) mass is 358 g/mol. The molecule has 25 heavy (non-hydrogen) atoms. The number of aromatic nitrogens is 2. The second-order valence-corrected chi connectivity index (χ2v) is 7.34. The van der Waals surface area contributed by atoms with Crippen LogP contribution in [0.25, 0.3) is 10.2 Å². The quantitative estimate of drug-likeness (QED) is 0.756. The minimum absolute atomic E-state index is 0.192. The Morgan fingerprint density at radius 2 is 2.24 bits per heavy atom. The number of aryl methyl sites for hydroxylation is 1. The maximum Gasteiger partial charge on any atom is 0.141 e. The van der Waals surface area contributed by atoms with Gasteiger partial charge >= 0.3 is 0 Å². The summed E-state index contributed by atoms with van der Waals surface area (Å²) in [6.07, 6.45) is 4.26. The Morgan fingerprint density at radius 1 is 1.32 bits per heavy atom. The van der Waals surface area contributed by atoms with Crippen LogP contribution in [0.15, 0.2) is 34.5 Å². The van der Waals surface area contributed by atoms with E-state index in [1.54, 1.807) is 23.9 Å². The van der Waals surface area contributed by atoms with E-state index in [4.69, 9.17) is 9.40 Å². The Kier molecular flexibility index (Phi) is 4.70. The Balaban J connectivity index is 1.57. The molecule has 0 aliphatic carbocycles. The van der Waals surface area contributed by atoms with Crippen molar-refractivity contribution in [1.82, 2.24) is 14.9 Å². The average molecular weight is 358 g/mol. The molecule has 1 saturated heterocycles. The van der Waals surface area contributed by atoms with Crippen molar-refractivity contribution in [3.63, 3.8) is 0 Å². The number of aliphatic hydroxyl groups excluding tert-OH is 1. The fourth-order valence-corrected chi connectivity index (χ4v) is 4.32. The molecule has 3 aromatic heterocycles. The summed E-state index contributed by atoms with van der Waals surface area (Å²) in [4.78, 5) is 15.1. The molecule has 3 aromatic rings. The van der Waals surface area contributed by atoms with Crippen LogP contribution in [0.2, 0.25) is 0 Å². The zero-order valence-electron chi connectivity index (χ0n) is 14.3. The lowest BCUT2D eigenvalue weighted by Crippen LogP contribution is -2.53. The van der Waals surface area contributed by atoms with Crippen LogP contribution in [0.3, 0.4) is 0 Å². The number of hydrogen-bond acceptors (Lipinski definition) is 7. The standard InChI is InChI=1S/C18H22N4O2S/c1-13-19-17(16-4-9-25-18(16)20-13)22-6-5-21(15(11-22)2-7-23)10-14-3-8-24-12-14/h3-4,8-9,12,15,23H,2,5-7,10-11H2,1H3/t15-/m1/s1. The van der Waals surface area contributed by atoms with E-state index < -0.39 is 0 Å². The van der Waals surface area contributed by atoms with Crippen LogP contribution in [0.1, 0.15) is 17.8 Å². The van der Waals surface area contributed by atoms with Crippen molar-refractivity contribution in [2.45, 2.75) is 25.9 Å². The van der Waals surface area contributed by atoms with Crippen molar-refractivity contribution >= 4 is 27.4 Å². The highest BCUT2D eigenvalue weighted by atomic mass is 32.1. The largest absolute Gasteiger partial charge is 0.472 e. The molecule has 0 spiro atoms. The van der Waals surface area contributed by atoms with Crippen LogP contribution in [-0.4, -0.2) is 52.3 Å². The van der Waals surface area contributed by atoms with E-state index in [9.17, 15) is 5.11 Å². The average Bonchev–Trinajstić information content (AvgIpc) is 3.27. The van der Waals surface area contributed by atoms with E-state index in [-0.39, 0.29) is 12.6 Å². The van der Waals surface area contributed by atoms with E-state index in [1.165, 1.54) is 5.56 Å². The van der Waals surface area contributed by atoms with Gasteiger partial charge in [-0.3, -0.25) is 4.90 Å². The summed E-state index contributed by atoms with van der Waals surface area (Å²) in [6.45, 7) is 5.71. The van der Waals surface area contributed by atoms with Gasteiger partial charge in [0.15, 0.2) is 0 Å². The molecule has 0 amide bonds. The highest BCUT2D eigenvalue weighted by molar-refractivity contribution is 7.16. The van der Waals surface area contributed by atoms with Gasteiger partial charge in [0.2, 0.25) is 0 Å². The van der Waals surface area contributed by atoms with Crippen LogP contribution in [0, 0.1) is 6.92 Å². The molecule has 7 heteroatoms. The molecule has 0 bridgehead atoms. The van der Waals surface area contributed by atoms with Crippen LogP contribution < -0.4 is 4.90 Å². The van der Waals surface area contributed by atoms with Gasteiger partial charge in [-0.15, -0.1) is 11.3 Å². The van der Waals surface area contributed by atoms with Crippen molar-refractivity contribution in [3.8, 4) is 0 Å². The zero-order valence-corrected chi connectivity index (χ0v) is 15.1. The van der Waals surface area contributed by atoms with Crippen LogP contribution in [0.5, 0.6) is 0 Å². The van der Waals surface area contributed by atoms with Gasteiger partial charge in [-0.25, -0.2) is 9.97 Å². The second-order valence-electron chi connectivity index (χ2n) is 6.45. The second kappa shape index (κ2) is 7.11. The minimum atomic E-state index is 0.192. The third-order valence-electron chi connectivity index (χ3n) is 4.75. The molecular weight excluding hydrogens is 336 g/mol. The molecule has 132 valence electrons. The lowest BCUT2D eigenvalue weighted by Gasteiger charge is -2.42. The fraction of sp³-hybridized carbons (Fsp3) is 0.444. The number of nitrogens with zero attached hydrogens (tertiary/aromatic N) is 4. The lowest BCUT2D eigenvalue weighted by atomic mass is 10.1. The topological polar surface area (TPSA) is 65.6 Å². The first-order valence-corrected chi connectivity index (χ1v) is 9.45. The maximum absolute atomic E-state index is 9.51. The van der Waals surface area contributed by atoms with Crippen LogP contribution >= 0.6 is 11.3 Å². The van der Waals surface area contributed by atoms with Crippen molar-refractivity contribution < 1.29 is 9.52 Å². The number of hydrogen-bond donors (Lipinski definition) is 1. The lowest BCUT2D eigenvalue weighted by molar-refractivity contribution is 0.135. The number of aliphatic hydroxyl groups is 1. The maximum atomic E-state index is 9.51. The van der Waals surface area contributed by atoms with Crippen molar-refractivity contribution in [3.05, 3.63) is 41.4 Å². The molecule has 0 saturated carbocycles. The van der Waals surface area contributed by atoms with E-state index in [0.717, 1.165) is 54.5 Å². The zero-order chi connectivity index (χ0) is 17.2. The van der Waals surface area contributed by atoms with Crippen molar-refractivity contribution in [2.75, 3.05) is 31.1 Å². The summed E-state index contributed by atoms with van der Waals surface area (Å²) < 4.78 is 5.19. The molecular formula is C18H22N4O2S. The van der Waals surface area contributed by atoms with Gasteiger partial charge in [-0.2, -0.15) is 0 Å². The number of anilines is 1. The number of furan rings is 1. The Hall–Kier alpha value is -1.96. The van der Waals surface area contributed by atoms with Crippen molar-refractivity contribution in [1.29, 1.82) is 0 Å². The van der Waals surface area contributed by atoms with E-state index >= 15 is 0 Å². The first-order chi connectivity index (χ1) is 12.2. The van der Waals surface area contributed by atoms with Gasteiger partial charge in [0, 0.05) is 44.4 Å². The van der Waals surface area contributed by atoms with Crippen LogP contribution in [-0.2, 0) is 6.54 Å². The molecule has 4 rings (SSSR count). The first-order valence-electron chi connectivity index (χ1n) is 8.57. The summed E-state index contributed by atoms with van der Waals surface area (Å²) in [6, 6.07) is 4.40. The molecule has 6 nitrogen and oxygen atoms in total. The summed E-state index contributed by atoms with van der Waals surface area (Å²) in [5.74, 6) is 1.83. The summed E-state index contributed by atoms with van der Waals surface area (Å²) >= 11 is 1.66. The van der Waals surface area contributed by atoms with Gasteiger partial charge in [-0.1, -0.05) is 0 Å². The Morgan fingerprint density at radius 3 is 3.04 bits per heavy atom. The number of thiophene rings is 1. The van der Waals surface area contributed by atoms with Crippen LogP contribution in [0.4, 0.5) is 5.82 Å². The number of piperazine rings is 1. The van der Waals surface area contributed by atoms with Gasteiger partial charge in [0.1, 0.15) is 16.5 Å². The van der Waals surface area contributed by atoms with Crippen molar-refractivity contribution in [2.24, 2.45) is 0 Å². The van der Waals surface area contributed by atoms with E-state index in [2.05, 4.69) is 26.2 Å². The Labute approximate surface area is 150 Å². The van der Waals surface area contributed by atoms with E-state index in [1.807, 2.05) is 13.0 Å². The summed E-state index contributed by atoms with van der Waals surface area (Å²) in [7, 11) is 0. The first kappa shape index (κ1) is 16.5. The smallest absolute Gasteiger partial charge is 0.141 e. The molecule has 1 fully saturated rings. The molecule has 1 N–H and O–H groups in total. The predicted molar refractivity (Wildman–Crippen MR) is 99.0 cm³/mol. The summed E-state index contributed by atoms with van der Waals surface area (Å²) in [5, 5.41) is 12.7. The van der Waals surface area contributed by atoms with Gasteiger partial charge < -0.3 is 14.4 Å². The normalized spacial score (nSPS) is 19.0. The highest BCUT2D eigenvalue weighted by Crippen LogP contribution is 2.30. The third-order valence-corrected chi connectivity index (χ3v) is 5.56. The van der Waals surface area contributed by atoms with Gasteiger partial charge in [0.05, 0.1) is 17.9 Å².